The highest BCUT2D eigenvalue weighted by atomic mass is 16.5. The first-order chi connectivity index (χ1) is 9.02. The molecule has 0 aromatic heterocycles. The van der Waals surface area contributed by atoms with Gasteiger partial charge in [-0.25, -0.2) is 4.79 Å². The number of carboxylic acid groups (broad SMARTS) is 1. The fourth-order valence-corrected chi connectivity index (χ4v) is 1.49. The van der Waals surface area contributed by atoms with E-state index in [0.29, 0.717) is 24.4 Å². The highest BCUT2D eigenvalue weighted by Gasteiger charge is 2.09. The molecule has 1 aromatic carbocycles. The van der Waals surface area contributed by atoms with Crippen LogP contribution in [0.3, 0.4) is 0 Å². The van der Waals surface area contributed by atoms with Gasteiger partial charge in [0, 0.05) is 31.8 Å². The van der Waals surface area contributed by atoms with Gasteiger partial charge in [-0.2, -0.15) is 0 Å². The molecule has 0 spiro atoms. The Kier molecular flexibility index (Phi) is 5.66. The molecular weight excluding hydrogens is 248 g/mol. The second-order valence-corrected chi connectivity index (χ2v) is 4.08. The molecule has 0 bridgehead atoms. The maximum Gasteiger partial charge on any atom is 0.321 e. The van der Waals surface area contributed by atoms with Crippen LogP contribution >= 0.6 is 0 Å². The molecule has 1 rings (SSSR count). The van der Waals surface area contributed by atoms with Crippen molar-refractivity contribution in [3.05, 3.63) is 24.3 Å². The first kappa shape index (κ1) is 14.8. The SMILES string of the molecule is COc1cccc(NC(=O)N(C)CCCC(=O)O)c1. The Morgan fingerprint density at radius 3 is 2.79 bits per heavy atom. The summed E-state index contributed by atoms with van der Waals surface area (Å²) in [7, 11) is 3.18. The second kappa shape index (κ2) is 7.25. The van der Waals surface area contributed by atoms with Crippen LogP contribution in [0.2, 0.25) is 0 Å². The average Bonchev–Trinajstić information content (AvgIpc) is 2.38. The van der Waals surface area contributed by atoms with Crippen molar-refractivity contribution in [2.75, 3.05) is 26.0 Å². The van der Waals surface area contributed by atoms with Crippen molar-refractivity contribution in [3.8, 4) is 5.75 Å². The minimum absolute atomic E-state index is 0.0524. The van der Waals surface area contributed by atoms with Crippen LogP contribution in [0.1, 0.15) is 12.8 Å². The normalized spacial score (nSPS) is 9.79. The quantitative estimate of drug-likeness (QED) is 0.825. The topological polar surface area (TPSA) is 78.9 Å². The molecule has 0 aliphatic heterocycles. The number of hydrogen-bond acceptors (Lipinski definition) is 3. The standard InChI is InChI=1S/C13H18N2O4/c1-15(8-4-7-12(16)17)13(18)14-10-5-3-6-11(9-10)19-2/h3,5-6,9H,4,7-8H2,1-2H3,(H,14,18)(H,16,17). The van der Waals surface area contributed by atoms with Gasteiger partial charge in [-0.05, 0) is 18.6 Å². The number of carbonyl (C=O) groups is 2. The third-order valence-electron chi connectivity index (χ3n) is 2.55. The number of amides is 2. The molecule has 0 saturated carbocycles. The summed E-state index contributed by atoms with van der Waals surface area (Å²) in [4.78, 5) is 23.6. The van der Waals surface area contributed by atoms with Gasteiger partial charge in [-0.15, -0.1) is 0 Å². The zero-order valence-electron chi connectivity index (χ0n) is 11.0. The number of urea groups is 1. The van der Waals surface area contributed by atoms with E-state index in [9.17, 15) is 9.59 Å². The zero-order chi connectivity index (χ0) is 14.3. The van der Waals surface area contributed by atoms with Crippen LogP contribution in [0, 0.1) is 0 Å². The van der Waals surface area contributed by atoms with E-state index in [2.05, 4.69) is 5.32 Å². The number of carboxylic acids is 1. The van der Waals surface area contributed by atoms with Crippen molar-refractivity contribution in [1.29, 1.82) is 0 Å². The van der Waals surface area contributed by atoms with Crippen molar-refractivity contribution < 1.29 is 19.4 Å². The molecule has 0 aliphatic carbocycles. The molecule has 0 heterocycles. The van der Waals surface area contributed by atoms with Crippen LogP contribution in [-0.2, 0) is 4.79 Å². The summed E-state index contributed by atoms with van der Waals surface area (Å²) in [5.74, 6) is -0.201. The molecule has 0 saturated heterocycles. The lowest BCUT2D eigenvalue weighted by Gasteiger charge is -2.17. The molecule has 1 aromatic rings. The third kappa shape index (κ3) is 5.29. The molecule has 0 unspecified atom stereocenters. The Morgan fingerprint density at radius 2 is 2.16 bits per heavy atom. The summed E-state index contributed by atoms with van der Waals surface area (Å²) in [5.41, 5.74) is 0.634. The van der Waals surface area contributed by atoms with E-state index in [1.165, 1.54) is 4.90 Å². The van der Waals surface area contributed by atoms with Crippen LogP contribution in [0.4, 0.5) is 10.5 Å². The first-order valence-corrected chi connectivity index (χ1v) is 5.91. The van der Waals surface area contributed by atoms with Crippen LogP contribution in [0.25, 0.3) is 0 Å². The van der Waals surface area contributed by atoms with E-state index >= 15 is 0 Å². The van der Waals surface area contributed by atoms with Gasteiger partial charge in [0.15, 0.2) is 0 Å². The molecule has 6 nitrogen and oxygen atoms in total. The molecular formula is C13H18N2O4. The largest absolute Gasteiger partial charge is 0.497 e. The molecule has 0 fully saturated rings. The maximum absolute atomic E-state index is 11.8. The fourth-order valence-electron chi connectivity index (χ4n) is 1.49. The van der Waals surface area contributed by atoms with Crippen molar-refractivity contribution in [2.45, 2.75) is 12.8 Å². The molecule has 6 heteroatoms. The van der Waals surface area contributed by atoms with Crippen molar-refractivity contribution >= 4 is 17.7 Å². The number of rotatable bonds is 6. The van der Waals surface area contributed by atoms with Crippen molar-refractivity contribution in [2.24, 2.45) is 0 Å². The predicted molar refractivity (Wildman–Crippen MR) is 71.5 cm³/mol. The monoisotopic (exact) mass is 266 g/mol. The smallest absolute Gasteiger partial charge is 0.321 e. The number of hydrogen-bond donors (Lipinski definition) is 2. The molecule has 2 amide bonds. The zero-order valence-corrected chi connectivity index (χ0v) is 11.0. The van der Waals surface area contributed by atoms with E-state index < -0.39 is 5.97 Å². The summed E-state index contributed by atoms with van der Waals surface area (Å²) in [6.45, 7) is 0.391. The summed E-state index contributed by atoms with van der Waals surface area (Å²) in [6, 6.07) is 6.75. The summed E-state index contributed by atoms with van der Waals surface area (Å²) >= 11 is 0. The van der Waals surface area contributed by atoms with Crippen LogP contribution < -0.4 is 10.1 Å². The maximum atomic E-state index is 11.8. The van der Waals surface area contributed by atoms with Gasteiger partial charge in [-0.1, -0.05) is 6.07 Å². The number of aliphatic carboxylic acids is 1. The predicted octanol–water partition coefficient (Wildman–Crippen LogP) is 2.02. The van der Waals surface area contributed by atoms with Gasteiger partial charge < -0.3 is 20.1 Å². The molecule has 104 valence electrons. The van der Waals surface area contributed by atoms with Crippen molar-refractivity contribution in [3.63, 3.8) is 0 Å². The third-order valence-corrected chi connectivity index (χ3v) is 2.55. The summed E-state index contributed by atoms with van der Waals surface area (Å²) in [6.07, 6.45) is 0.480. The summed E-state index contributed by atoms with van der Waals surface area (Å²) < 4.78 is 5.06. The molecule has 0 radical (unpaired) electrons. The second-order valence-electron chi connectivity index (χ2n) is 4.08. The highest BCUT2D eigenvalue weighted by Crippen LogP contribution is 2.16. The van der Waals surface area contributed by atoms with Gasteiger partial charge >= 0.3 is 12.0 Å². The molecule has 2 N–H and O–H groups in total. The molecule has 19 heavy (non-hydrogen) atoms. The number of benzene rings is 1. The van der Waals surface area contributed by atoms with Gasteiger partial charge in [0.2, 0.25) is 0 Å². The Bertz CT molecular complexity index is 448. The van der Waals surface area contributed by atoms with E-state index in [1.54, 1.807) is 38.4 Å². The Balaban J connectivity index is 2.46. The van der Waals surface area contributed by atoms with E-state index in [0.717, 1.165) is 0 Å². The molecule has 0 aliphatic rings. The average molecular weight is 266 g/mol. The lowest BCUT2D eigenvalue weighted by molar-refractivity contribution is -0.137. The minimum Gasteiger partial charge on any atom is -0.497 e. The van der Waals surface area contributed by atoms with E-state index in [1.807, 2.05) is 0 Å². The lowest BCUT2D eigenvalue weighted by Crippen LogP contribution is -2.32. The molecule has 0 atom stereocenters. The number of methoxy groups -OCH3 is 1. The van der Waals surface area contributed by atoms with Crippen LogP contribution in [0.15, 0.2) is 24.3 Å². The number of nitrogens with zero attached hydrogens (tertiary/aromatic N) is 1. The highest BCUT2D eigenvalue weighted by molar-refractivity contribution is 5.89. The van der Waals surface area contributed by atoms with E-state index in [-0.39, 0.29) is 12.5 Å². The summed E-state index contributed by atoms with van der Waals surface area (Å²) in [5, 5.41) is 11.2. The fraction of sp³-hybridized carbons (Fsp3) is 0.385. The Labute approximate surface area is 112 Å². The van der Waals surface area contributed by atoms with Crippen LogP contribution in [-0.4, -0.2) is 42.7 Å². The number of anilines is 1. The lowest BCUT2D eigenvalue weighted by atomic mass is 10.3. The number of carbonyl (C=O) groups excluding carboxylic acids is 1. The van der Waals surface area contributed by atoms with Gasteiger partial charge in [0.25, 0.3) is 0 Å². The van der Waals surface area contributed by atoms with Crippen LogP contribution in [0.5, 0.6) is 5.75 Å². The van der Waals surface area contributed by atoms with Gasteiger partial charge in [0.1, 0.15) is 5.75 Å². The number of ether oxygens (including phenoxy) is 1. The van der Waals surface area contributed by atoms with Crippen molar-refractivity contribution in [1.82, 2.24) is 4.90 Å². The first-order valence-electron chi connectivity index (χ1n) is 5.91. The number of nitrogens with one attached hydrogen (secondary N) is 1. The Hall–Kier alpha value is -2.24. The van der Waals surface area contributed by atoms with Gasteiger partial charge in [0.05, 0.1) is 7.11 Å². The van der Waals surface area contributed by atoms with E-state index in [4.69, 9.17) is 9.84 Å². The Morgan fingerprint density at radius 1 is 1.42 bits per heavy atom. The minimum atomic E-state index is -0.860. The van der Waals surface area contributed by atoms with Gasteiger partial charge in [-0.3, -0.25) is 4.79 Å².